The molecule has 3 rings (SSSR count). The fourth-order valence-corrected chi connectivity index (χ4v) is 2.17. The van der Waals surface area contributed by atoms with Gasteiger partial charge in [0.2, 0.25) is 5.16 Å². The highest BCUT2D eigenvalue weighted by Crippen LogP contribution is 2.17. The summed E-state index contributed by atoms with van der Waals surface area (Å²) in [5, 5.41) is 14.4. The average Bonchev–Trinajstić information content (AvgIpc) is 2.95. The van der Waals surface area contributed by atoms with Crippen molar-refractivity contribution < 1.29 is 0 Å². The van der Waals surface area contributed by atoms with E-state index in [0.29, 0.717) is 22.4 Å². The van der Waals surface area contributed by atoms with Crippen molar-refractivity contribution in [3.8, 4) is 0 Å². The average molecular weight is 264 g/mol. The van der Waals surface area contributed by atoms with E-state index < -0.39 is 0 Å². The lowest BCUT2D eigenvalue weighted by molar-refractivity contribution is 0.664. The van der Waals surface area contributed by atoms with Gasteiger partial charge in [-0.15, -0.1) is 5.10 Å². The Kier molecular flexibility index (Phi) is 2.55. The van der Waals surface area contributed by atoms with Crippen molar-refractivity contribution in [3.63, 3.8) is 0 Å². The van der Waals surface area contributed by atoms with Crippen LogP contribution >= 0.6 is 11.8 Å². The SMILES string of the molecule is Cn1nnnc1SCc1cc(=O)n2[nH]cnc2n1. The van der Waals surface area contributed by atoms with Crippen molar-refractivity contribution >= 4 is 17.5 Å². The topological polar surface area (TPSA) is 107 Å². The predicted octanol–water partition coefficient (Wildman–Crippen LogP) is -0.767. The number of hydrogen-bond acceptors (Lipinski definition) is 7. The second kappa shape index (κ2) is 4.22. The Balaban J connectivity index is 1.87. The number of nitrogens with one attached hydrogen (secondary N) is 1. The molecule has 0 amide bonds. The van der Waals surface area contributed by atoms with Crippen LogP contribution in [0.3, 0.4) is 0 Å². The molecular weight excluding hydrogens is 256 g/mol. The van der Waals surface area contributed by atoms with Gasteiger partial charge in [0.1, 0.15) is 6.33 Å². The van der Waals surface area contributed by atoms with E-state index in [9.17, 15) is 4.79 Å². The van der Waals surface area contributed by atoms with Crippen LogP contribution in [-0.4, -0.2) is 39.8 Å². The van der Waals surface area contributed by atoms with Crippen molar-refractivity contribution in [2.24, 2.45) is 7.05 Å². The molecule has 0 bridgehead atoms. The van der Waals surface area contributed by atoms with Crippen LogP contribution in [0.15, 0.2) is 22.3 Å². The molecule has 10 heteroatoms. The Hall–Kier alpha value is -2.23. The zero-order chi connectivity index (χ0) is 12.5. The predicted molar refractivity (Wildman–Crippen MR) is 62.0 cm³/mol. The second-order valence-corrected chi connectivity index (χ2v) is 4.42. The van der Waals surface area contributed by atoms with Gasteiger partial charge >= 0.3 is 0 Å². The standard InChI is InChI=1S/C8H8N8OS/c1-15-8(12-13-14-15)18-3-5-2-6(17)16-7(11-5)9-4-10-16/h2,4H,3H2,1H3,(H,9,10,11). The van der Waals surface area contributed by atoms with Gasteiger partial charge in [0.05, 0.1) is 5.69 Å². The molecule has 92 valence electrons. The van der Waals surface area contributed by atoms with E-state index in [1.165, 1.54) is 28.7 Å². The summed E-state index contributed by atoms with van der Waals surface area (Å²) < 4.78 is 2.84. The molecule has 0 aromatic carbocycles. The van der Waals surface area contributed by atoms with Crippen LogP contribution in [0.5, 0.6) is 0 Å². The Morgan fingerprint density at radius 3 is 3.17 bits per heavy atom. The van der Waals surface area contributed by atoms with Gasteiger partial charge in [0, 0.05) is 18.9 Å². The molecule has 18 heavy (non-hydrogen) atoms. The lowest BCUT2D eigenvalue weighted by Crippen LogP contribution is -2.15. The molecule has 0 aliphatic heterocycles. The number of rotatable bonds is 3. The highest BCUT2D eigenvalue weighted by molar-refractivity contribution is 7.98. The Morgan fingerprint density at radius 1 is 1.50 bits per heavy atom. The highest BCUT2D eigenvalue weighted by Gasteiger charge is 2.07. The quantitative estimate of drug-likeness (QED) is 0.619. The summed E-state index contributed by atoms with van der Waals surface area (Å²) >= 11 is 1.40. The molecule has 0 saturated heterocycles. The van der Waals surface area contributed by atoms with Crippen molar-refractivity contribution in [2.45, 2.75) is 10.9 Å². The molecule has 9 nitrogen and oxygen atoms in total. The van der Waals surface area contributed by atoms with Gasteiger partial charge in [-0.2, -0.15) is 4.52 Å². The first kappa shape index (κ1) is 10.9. The minimum Gasteiger partial charge on any atom is -0.278 e. The molecule has 0 spiro atoms. The molecule has 0 atom stereocenters. The molecule has 0 saturated carbocycles. The third kappa shape index (κ3) is 1.86. The van der Waals surface area contributed by atoms with Crippen LogP contribution in [0.25, 0.3) is 5.78 Å². The number of aryl methyl sites for hydroxylation is 1. The van der Waals surface area contributed by atoms with Crippen molar-refractivity contribution in [1.29, 1.82) is 0 Å². The van der Waals surface area contributed by atoms with Gasteiger partial charge in [-0.25, -0.2) is 14.6 Å². The molecule has 3 aromatic rings. The van der Waals surface area contributed by atoms with Gasteiger partial charge in [-0.1, -0.05) is 11.8 Å². The number of H-pyrrole nitrogens is 1. The summed E-state index contributed by atoms with van der Waals surface area (Å²) in [5.41, 5.74) is 0.448. The van der Waals surface area contributed by atoms with Crippen LogP contribution in [0.2, 0.25) is 0 Å². The maximum atomic E-state index is 11.7. The molecule has 0 aliphatic rings. The minimum atomic E-state index is -0.191. The molecule has 0 unspecified atom stereocenters. The summed E-state index contributed by atoms with van der Waals surface area (Å²) in [4.78, 5) is 19.9. The van der Waals surface area contributed by atoms with E-state index >= 15 is 0 Å². The van der Waals surface area contributed by atoms with Gasteiger partial charge in [0.25, 0.3) is 11.3 Å². The summed E-state index contributed by atoms with van der Waals surface area (Å²) in [7, 11) is 1.75. The van der Waals surface area contributed by atoms with Gasteiger partial charge in [-0.3, -0.25) is 9.89 Å². The van der Waals surface area contributed by atoms with Crippen molar-refractivity contribution in [1.82, 2.24) is 39.8 Å². The van der Waals surface area contributed by atoms with Crippen LogP contribution in [0, 0.1) is 0 Å². The van der Waals surface area contributed by atoms with Gasteiger partial charge < -0.3 is 0 Å². The van der Waals surface area contributed by atoms with Crippen LogP contribution in [-0.2, 0) is 12.8 Å². The summed E-state index contributed by atoms with van der Waals surface area (Å²) in [6, 6.07) is 1.46. The first-order valence-electron chi connectivity index (χ1n) is 5.01. The van der Waals surface area contributed by atoms with E-state index in [4.69, 9.17) is 0 Å². The number of thioether (sulfide) groups is 1. The molecule has 3 heterocycles. The maximum absolute atomic E-state index is 11.7. The monoisotopic (exact) mass is 264 g/mol. The van der Waals surface area contributed by atoms with E-state index in [-0.39, 0.29) is 5.56 Å². The fourth-order valence-electron chi connectivity index (χ4n) is 1.42. The Morgan fingerprint density at radius 2 is 2.39 bits per heavy atom. The van der Waals surface area contributed by atoms with E-state index in [1.54, 1.807) is 11.7 Å². The van der Waals surface area contributed by atoms with Crippen LogP contribution < -0.4 is 5.56 Å². The van der Waals surface area contributed by atoms with E-state index in [1.807, 2.05) is 0 Å². The maximum Gasteiger partial charge on any atom is 0.274 e. The normalized spacial score (nSPS) is 11.2. The molecule has 1 N–H and O–H groups in total. The summed E-state index contributed by atoms with van der Waals surface area (Å²) in [6.45, 7) is 0. The minimum absolute atomic E-state index is 0.191. The Labute approximate surface area is 104 Å². The lowest BCUT2D eigenvalue weighted by Gasteiger charge is -1.99. The zero-order valence-corrected chi connectivity index (χ0v) is 10.1. The second-order valence-electron chi connectivity index (χ2n) is 3.48. The first-order chi connectivity index (χ1) is 8.74. The molecule has 0 radical (unpaired) electrons. The van der Waals surface area contributed by atoms with Crippen LogP contribution in [0.1, 0.15) is 5.69 Å². The van der Waals surface area contributed by atoms with Crippen LogP contribution in [0.4, 0.5) is 0 Å². The smallest absolute Gasteiger partial charge is 0.274 e. The number of aromatic amines is 1. The van der Waals surface area contributed by atoms with Gasteiger partial charge in [-0.05, 0) is 10.4 Å². The number of fused-ring (bicyclic) bond motifs is 1. The fraction of sp³-hybridized carbons (Fsp3) is 0.250. The largest absolute Gasteiger partial charge is 0.278 e. The summed E-state index contributed by atoms with van der Waals surface area (Å²) in [6.07, 6.45) is 1.42. The lowest BCUT2D eigenvalue weighted by atomic mass is 10.4. The van der Waals surface area contributed by atoms with Crippen molar-refractivity contribution in [2.75, 3.05) is 0 Å². The van der Waals surface area contributed by atoms with Gasteiger partial charge in [0.15, 0.2) is 0 Å². The number of nitrogens with zero attached hydrogens (tertiary/aromatic N) is 7. The molecule has 3 aromatic heterocycles. The summed E-state index contributed by atoms with van der Waals surface area (Å²) in [5.74, 6) is 0.862. The third-order valence-electron chi connectivity index (χ3n) is 2.25. The number of tetrazole rings is 1. The Bertz CT molecular complexity index is 743. The zero-order valence-electron chi connectivity index (χ0n) is 9.31. The number of aromatic nitrogens is 8. The third-order valence-corrected chi connectivity index (χ3v) is 3.30. The highest BCUT2D eigenvalue weighted by atomic mass is 32.2. The van der Waals surface area contributed by atoms with Crippen molar-refractivity contribution in [3.05, 3.63) is 28.4 Å². The first-order valence-corrected chi connectivity index (χ1v) is 6.00. The van der Waals surface area contributed by atoms with E-state index in [0.717, 1.165) is 0 Å². The molecule has 0 fully saturated rings. The molecular formula is C8H8N8OS. The van der Waals surface area contributed by atoms with E-state index in [2.05, 4.69) is 30.6 Å². The number of hydrogen-bond donors (Lipinski definition) is 1. The molecule has 0 aliphatic carbocycles.